The Morgan fingerprint density at radius 2 is 2.00 bits per heavy atom. The zero-order valence-electron chi connectivity index (χ0n) is 8.95. The van der Waals surface area contributed by atoms with E-state index in [1.54, 1.807) is 0 Å². The molecule has 1 aromatic heterocycles. The van der Waals surface area contributed by atoms with Gasteiger partial charge in [0, 0.05) is 0 Å². The fourth-order valence-electron chi connectivity index (χ4n) is 2.39. The Kier molecular flexibility index (Phi) is 2.90. The molecule has 1 fully saturated rings. The highest BCUT2D eigenvalue weighted by molar-refractivity contribution is 5.80. The molecule has 0 saturated heterocycles. The molecule has 0 aliphatic heterocycles. The second kappa shape index (κ2) is 4.20. The first-order valence-corrected chi connectivity index (χ1v) is 5.50. The van der Waals surface area contributed by atoms with Crippen LogP contribution in [0, 0.1) is 5.82 Å². The molecule has 0 atom stereocenters. The van der Waals surface area contributed by atoms with Gasteiger partial charge in [-0.3, -0.25) is 9.78 Å². The number of hydrogen-bond donors (Lipinski definition) is 1. The van der Waals surface area contributed by atoms with Crippen molar-refractivity contribution in [1.29, 1.82) is 0 Å². The van der Waals surface area contributed by atoms with Crippen LogP contribution >= 0.6 is 0 Å². The summed E-state index contributed by atoms with van der Waals surface area (Å²) in [5.41, 5.74) is -0.410. The summed E-state index contributed by atoms with van der Waals surface area (Å²) in [7, 11) is 0. The maximum absolute atomic E-state index is 12.8. The molecule has 0 unspecified atom stereocenters. The Morgan fingerprint density at radius 3 is 2.50 bits per heavy atom. The minimum atomic E-state index is -0.897. The van der Waals surface area contributed by atoms with E-state index in [-0.39, 0.29) is 0 Å². The summed E-state index contributed by atoms with van der Waals surface area (Å²) in [5, 5.41) is 9.38. The largest absolute Gasteiger partial charge is 0.481 e. The Hall–Kier alpha value is -1.45. The van der Waals surface area contributed by atoms with Crippen molar-refractivity contribution in [1.82, 2.24) is 4.98 Å². The lowest BCUT2D eigenvalue weighted by Crippen LogP contribution is -2.38. The van der Waals surface area contributed by atoms with E-state index < -0.39 is 17.2 Å². The van der Waals surface area contributed by atoms with E-state index in [9.17, 15) is 14.3 Å². The zero-order valence-corrected chi connectivity index (χ0v) is 8.95. The number of nitrogens with zero attached hydrogens (tertiary/aromatic N) is 1. The summed E-state index contributed by atoms with van der Waals surface area (Å²) in [6.07, 6.45) is 5.14. The number of rotatable bonds is 2. The van der Waals surface area contributed by atoms with E-state index in [1.807, 2.05) is 0 Å². The molecule has 0 spiro atoms. The van der Waals surface area contributed by atoms with Crippen LogP contribution in [0.1, 0.15) is 37.8 Å². The monoisotopic (exact) mass is 223 g/mol. The van der Waals surface area contributed by atoms with Crippen molar-refractivity contribution in [2.75, 3.05) is 0 Å². The van der Waals surface area contributed by atoms with Crippen LogP contribution in [0.4, 0.5) is 4.39 Å². The average molecular weight is 223 g/mol. The van der Waals surface area contributed by atoms with Crippen molar-refractivity contribution in [3.8, 4) is 0 Å². The SMILES string of the molecule is O=C(O)C1(c2ccc(F)cn2)CCCCC1. The molecule has 86 valence electrons. The first kappa shape index (κ1) is 11.0. The third-order valence-corrected chi connectivity index (χ3v) is 3.33. The highest BCUT2D eigenvalue weighted by Crippen LogP contribution is 2.38. The molecule has 1 N–H and O–H groups in total. The number of hydrogen-bond acceptors (Lipinski definition) is 2. The Balaban J connectivity index is 2.38. The van der Waals surface area contributed by atoms with Gasteiger partial charge in [0.25, 0.3) is 0 Å². The lowest BCUT2D eigenvalue weighted by molar-refractivity contribution is -0.145. The number of carbonyl (C=O) groups is 1. The molecule has 1 aliphatic rings. The molecule has 16 heavy (non-hydrogen) atoms. The van der Waals surface area contributed by atoms with Gasteiger partial charge in [0.1, 0.15) is 11.2 Å². The van der Waals surface area contributed by atoms with Crippen LogP contribution < -0.4 is 0 Å². The van der Waals surface area contributed by atoms with Gasteiger partial charge in [-0.1, -0.05) is 19.3 Å². The molecule has 2 rings (SSSR count). The molecule has 1 heterocycles. The zero-order chi connectivity index (χ0) is 11.6. The molecule has 1 aromatic rings. The number of aliphatic carboxylic acids is 1. The molecule has 3 nitrogen and oxygen atoms in total. The fraction of sp³-hybridized carbons (Fsp3) is 0.500. The van der Waals surface area contributed by atoms with Crippen molar-refractivity contribution in [3.05, 3.63) is 29.8 Å². The topological polar surface area (TPSA) is 50.2 Å². The van der Waals surface area contributed by atoms with Gasteiger partial charge < -0.3 is 5.11 Å². The van der Waals surface area contributed by atoms with Gasteiger partial charge in [-0.15, -0.1) is 0 Å². The summed E-state index contributed by atoms with van der Waals surface area (Å²) in [6.45, 7) is 0. The van der Waals surface area contributed by atoms with Crippen LogP contribution in [0.5, 0.6) is 0 Å². The Labute approximate surface area is 93.3 Å². The molecular formula is C12H14FNO2. The van der Waals surface area contributed by atoms with Crippen LogP contribution in [-0.4, -0.2) is 16.1 Å². The number of aromatic nitrogens is 1. The molecular weight excluding hydrogens is 209 g/mol. The summed E-state index contributed by atoms with van der Waals surface area (Å²) in [4.78, 5) is 15.4. The predicted octanol–water partition coefficient (Wildman–Crippen LogP) is 2.51. The smallest absolute Gasteiger partial charge is 0.315 e. The van der Waals surface area contributed by atoms with E-state index in [0.29, 0.717) is 18.5 Å². The normalized spacial score (nSPS) is 19.3. The van der Waals surface area contributed by atoms with Gasteiger partial charge in [0.15, 0.2) is 0 Å². The van der Waals surface area contributed by atoms with Gasteiger partial charge in [0.2, 0.25) is 0 Å². The lowest BCUT2D eigenvalue weighted by Gasteiger charge is -2.32. The van der Waals surface area contributed by atoms with Crippen LogP contribution in [-0.2, 0) is 10.2 Å². The molecule has 0 amide bonds. The first-order valence-electron chi connectivity index (χ1n) is 5.50. The Morgan fingerprint density at radius 1 is 1.31 bits per heavy atom. The highest BCUT2D eigenvalue weighted by Gasteiger charge is 2.42. The Bertz CT molecular complexity index is 383. The van der Waals surface area contributed by atoms with Crippen molar-refractivity contribution in [3.63, 3.8) is 0 Å². The maximum Gasteiger partial charge on any atom is 0.315 e. The molecule has 0 radical (unpaired) electrons. The van der Waals surface area contributed by atoms with Crippen LogP contribution in [0.3, 0.4) is 0 Å². The number of halogens is 1. The molecule has 0 bridgehead atoms. The number of pyridine rings is 1. The van der Waals surface area contributed by atoms with E-state index in [4.69, 9.17) is 0 Å². The third-order valence-electron chi connectivity index (χ3n) is 3.33. The van der Waals surface area contributed by atoms with E-state index >= 15 is 0 Å². The van der Waals surface area contributed by atoms with Gasteiger partial charge in [-0.05, 0) is 25.0 Å². The van der Waals surface area contributed by atoms with Crippen LogP contribution in [0.2, 0.25) is 0 Å². The van der Waals surface area contributed by atoms with Crippen molar-refractivity contribution in [2.45, 2.75) is 37.5 Å². The minimum absolute atomic E-state index is 0.430. The van der Waals surface area contributed by atoms with E-state index in [1.165, 1.54) is 12.1 Å². The van der Waals surface area contributed by atoms with Gasteiger partial charge in [-0.25, -0.2) is 4.39 Å². The molecule has 0 aromatic carbocycles. The van der Waals surface area contributed by atoms with Gasteiger partial charge >= 0.3 is 5.97 Å². The van der Waals surface area contributed by atoms with Gasteiger partial charge in [0.05, 0.1) is 11.9 Å². The minimum Gasteiger partial charge on any atom is -0.481 e. The van der Waals surface area contributed by atoms with Gasteiger partial charge in [-0.2, -0.15) is 0 Å². The summed E-state index contributed by atoms with van der Waals surface area (Å²) in [6, 6.07) is 2.77. The van der Waals surface area contributed by atoms with Crippen LogP contribution in [0.15, 0.2) is 18.3 Å². The van der Waals surface area contributed by atoms with E-state index in [0.717, 1.165) is 25.5 Å². The van der Waals surface area contributed by atoms with Crippen molar-refractivity contribution in [2.24, 2.45) is 0 Å². The summed E-state index contributed by atoms with van der Waals surface area (Å²) in [5.74, 6) is -1.27. The quantitative estimate of drug-likeness (QED) is 0.838. The van der Waals surface area contributed by atoms with Crippen molar-refractivity contribution >= 4 is 5.97 Å². The summed E-state index contributed by atoms with van der Waals surface area (Å²) >= 11 is 0. The maximum atomic E-state index is 12.8. The molecule has 4 heteroatoms. The number of carboxylic acids is 1. The average Bonchev–Trinajstić information content (AvgIpc) is 2.30. The molecule has 1 aliphatic carbocycles. The standard InChI is InChI=1S/C12H14FNO2/c13-9-4-5-10(14-8-9)12(11(15)16)6-2-1-3-7-12/h4-5,8H,1-3,6-7H2,(H,15,16). The third kappa shape index (κ3) is 1.79. The summed E-state index contributed by atoms with van der Waals surface area (Å²) < 4.78 is 12.8. The lowest BCUT2D eigenvalue weighted by atomic mass is 9.71. The predicted molar refractivity (Wildman–Crippen MR) is 56.6 cm³/mol. The highest BCUT2D eigenvalue weighted by atomic mass is 19.1. The molecule has 1 saturated carbocycles. The first-order chi connectivity index (χ1) is 7.65. The second-order valence-corrected chi connectivity index (χ2v) is 4.31. The van der Waals surface area contributed by atoms with E-state index in [2.05, 4.69) is 4.98 Å². The fourth-order valence-corrected chi connectivity index (χ4v) is 2.39. The second-order valence-electron chi connectivity index (χ2n) is 4.31. The van der Waals surface area contributed by atoms with Crippen molar-refractivity contribution < 1.29 is 14.3 Å². The number of carboxylic acid groups (broad SMARTS) is 1. The van der Waals surface area contributed by atoms with Crippen LogP contribution in [0.25, 0.3) is 0 Å².